The molecular formula is C24H24N2O6. The van der Waals surface area contributed by atoms with Crippen LogP contribution in [0.15, 0.2) is 30.3 Å². The summed E-state index contributed by atoms with van der Waals surface area (Å²) in [6.07, 6.45) is 0. The minimum atomic E-state index is -0.534. The molecular weight excluding hydrogens is 412 g/mol. The Kier molecular flexibility index (Phi) is 6.79. The van der Waals surface area contributed by atoms with Crippen LogP contribution in [0.2, 0.25) is 0 Å². The number of esters is 1. The fraction of sp³-hybridized carbons (Fsp3) is 0.333. The van der Waals surface area contributed by atoms with Crippen molar-refractivity contribution in [2.75, 3.05) is 19.8 Å². The zero-order chi connectivity index (χ0) is 23.4. The average molecular weight is 436 g/mol. The van der Waals surface area contributed by atoms with Crippen LogP contribution < -0.4 is 4.74 Å². The predicted molar refractivity (Wildman–Crippen MR) is 115 cm³/mol. The van der Waals surface area contributed by atoms with Gasteiger partial charge in [0.2, 0.25) is 0 Å². The third-order valence-electron chi connectivity index (χ3n) is 5.15. The largest absolute Gasteiger partial charge is 0.507 e. The molecule has 1 amide bonds. The number of hydrogen-bond donors (Lipinski definition) is 1. The van der Waals surface area contributed by atoms with Gasteiger partial charge in [0.15, 0.2) is 12.4 Å². The van der Waals surface area contributed by atoms with Gasteiger partial charge in [-0.2, -0.15) is 5.26 Å². The summed E-state index contributed by atoms with van der Waals surface area (Å²) in [4.78, 5) is 38.6. The summed E-state index contributed by atoms with van der Waals surface area (Å²) < 4.78 is 10.4. The molecule has 0 saturated carbocycles. The minimum Gasteiger partial charge on any atom is -0.507 e. The van der Waals surface area contributed by atoms with E-state index in [0.29, 0.717) is 22.3 Å². The van der Waals surface area contributed by atoms with E-state index in [9.17, 15) is 19.5 Å². The molecule has 1 heterocycles. The van der Waals surface area contributed by atoms with Gasteiger partial charge in [0, 0.05) is 18.2 Å². The van der Waals surface area contributed by atoms with Gasteiger partial charge in [0.1, 0.15) is 11.5 Å². The van der Waals surface area contributed by atoms with Crippen molar-refractivity contribution >= 4 is 17.7 Å². The van der Waals surface area contributed by atoms with Gasteiger partial charge < -0.3 is 19.5 Å². The summed E-state index contributed by atoms with van der Waals surface area (Å²) >= 11 is 0. The van der Waals surface area contributed by atoms with E-state index < -0.39 is 11.8 Å². The van der Waals surface area contributed by atoms with Crippen LogP contribution in [-0.4, -0.2) is 47.4 Å². The molecule has 1 aliphatic heterocycles. The molecule has 0 spiro atoms. The van der Waals surface area contributed by atoms with E-state index in [1.165, 1.54) is 17.0 Å². The SMILES string of the molecule is CCOC(=O)COc1cc(O)c(C(=O)CN2Cc3cc(C#N)ccc3C2=O)cc1C(C)C. The lowest BCUT2D eigenvalue weighted by molar-refractivity contribution is -0.145. The maximum atomic E-state index is 13.0. The van der Waals surface area contributed by atoms with Crippen molar-refractivity contribution in [3.63, 3.8) is 0 Å². The lowest BCUT2D eigenvalue weighted by Crippen LogP contribution is -2.30. The molecule has 3 rings (SSSR count). The van der Waals surface area contributed by atoms with Crippen LogP contribution in [0.3, 0.4) is 0 Å². The van der Waals surface area contributed by atoms with Crippen LogP contribution in [-0.2, 0) is 16.1 Å². The number of fused-ring (bicyclic) bond motifs is 1. The second-order valence-corrected chi connectivity index (χ2v) is 7.72. The zero-order valence-corrected chi connectivity index (χ0v) is 18.2. The third-order valence-corrected chi connectivity index (χ3v) is 5.15. The van der Waals surface area contributed by atoms with Crippen LogP contribution in [0, 0.1) is 11.3 Å². The summed E-state index contributed by atoms with van der Waals surface area (Å²) in [6.45, 7) is 5.39. The number of carbonyl (C=O) groups excluding carboxylic acids is 3. The molecule has 0 bridgehead atoms. The van der Waals surface area contributed by atoms with Crippen molar-refractivity contribution < 1.29 is 29.0 Å². The molecule has 0 fully saturated rings. The fourth-order valence-corrected chi connectivity index (χ4v) is 3.56. The number of nitriles is 1. The number of ether oxygens (including phenoxy) is 2. The molecule has 1 N–H and O–H groups in total. The molecule has 166 valence electrons. The molecule has 8 heteroatoms. The average Bonchev–Trinajstić information content (AvgIpc) is 3.06. The number of benzene rings is 2. The number of carbonyl (C=O) groups is 3. The maximum Gasteiger partial charge on any atom is 0.344 e. The minimum absolute atomic E-state index is 0.0542. The van der Waals surface area contributed by atoms with E-state index in [0.717, 1.165) is 0 Å². The number of amides is 1. The summed E-state index contributed by atoms with van der Waals surface area (Å²) in [5.41, 5.74) is 2.31. The van der Waals surface area contributed by atoms with Gasteiger partial charge in [0.25, 0.3) is 5.91 Å². The Morgan fingerprint density at radius 2 is 2.00 bits per heavy atom. The highest BCUT2D eigenvalue weighted by Gasteiger charge is 2.30. The molecule has 0 saturated heterocycles. The standard InChI is InChI=1S/C24H24N2O6/c1-4-31-23(29)13-32-22-9-20(27)19(8-18(22)14(2)3)21(28)12-26-11-16-7-15(10-25)5-6-17(16)24(26)30/h5-9,14,27H,4,11-13H2,1-3H3. The Balaban J connectivity index is 1.79. The molecule has 2 aromatic carbocycles. The Morgan fingerprint density at radius 3 is 2.66 bits per heavy atom. The van der Waals surface area contributed by atoms with Gasteiger partial charge in [0.05, 0.1) is 30.3 Å². The molecule has 0 aliphatic carbocycles. The van der Waals surface area contributed by atoms with Gasteiger partial charge in [-0.3, -0.25) is 9.59 Å². The van der Waals surface area contributed by atoms with E-state index in [2.05, 4.69) is 0 Å². The lowest BCUT2D eigenvalue weighted by atomic mass is 9.97. The van der Waals surface area contributed by atoms with Gasteiger partial charge in [-0.05, 0) is 48.2 Å². The highest BCUT2D eigenvalue weighted by atomic mass is 16.6. The number of ketones is 1. The maximum absolute atomic E-state index is 13.0. The molecule has 0 unspecified atom stereocenters. The monoisotopic (exact) mass is 436 g/mol. The summed E-state index contributed by atoms with van der Waals surface area (Å²) in [7, 11) is 0. The molecule has 1 aliphatic rings. The van der Waals surface area contributed by atoms with Crippen LogP contribution in [0.5, 0.6) is 11.5 Å². The number of phenols is 1. The Morgan fingerprint density at radius 1 is 1.25 bits per heavy atom. The van der Waals surface area contributed by atoms with Crippen molar-refractivity contribution in [1.29, 1.82) is 5.26 Å². The topological polar surface area (TPSA) is 117 Å². The number of Topliss-reactive ketones (excluding diaryl/α,β-unsaturated/α-hetero) is 1. The van der Waals surface area contributed by atoms with Crippen LogP contribution >= 0.6 is 0 Å². The quantitative estimate of drug-likeness (QED) is 0.499. The summed E-state index contributed by atoms with van der Waals surface area (Å²) in [6, 6.07) is 9.67. The van der Waals surface area contributed by atoms with E-state index in [1.54, 1.807) is 25.1 Å². The van der Waals surface area contributed by atoms with Gasteiger partial charge in [-0.15, -0.1) is 0 Å². The van der Waals surface area contributed by atoms with E-state index in [1.807, 2.05) is 19.9 Å². The number of nitrogens with zero attached hydrogens (tertiary/aromatic N) is 2. The van der Waals surface area contributed by atoms with Crippen molar-refractivity contribution in [2.24, 2.45) is 0 Å². The van der Waals surface area contributed by atoms with Gasteiger partial charge in [-0.1, -0.05) is 13.8 Å². The van der Waals surface area contributed by atoms with Crippen molar-refractivity contribution in [3.8, 4) is 17.6 Å². The smallest absolute Gasteiger partial charge is 0.344 e. The highest BCUT2D eigenvalue weighted by Crippen LogP contribution is 2.34. The Bertz CT molecular complexity index is 1120. The summed E-state index contributed by atoms with van der Waals surface area (Å²) in [5, 5.41) is 19.5. The molecule has 32 heavy (non-hydrogen) atoms. The van der Waals surface area contributed by atoms with E-state index in [-0.39, 0.29) is 55.2 Å². The molecule has 2 aromatic rings. The molecule has 0 aromatic heterocycles. The third kappa shape index (κ3) is 4.72. The summed E-state index contributed by atoms with van der Waals surface area (Å²) in [5.74, 6) is -1.32. The lowest BCUT2D eigenvalue weighted by Gasteiger charge is -2.18. The first-order chi connectivity index (χ1) is 15.2. The van der Waals surface area contributed by atoms with E-state index in [4.69, 9.17) is 14.7 Å². The van der Waals surface area contributed by atoms with Crippen LogP contribution in [0.25, 0.3) is 0 Å². The van der Waals surface area contributed by atoms with Crippen LogP contribution in [0.4, 0.5) is 0 Å². The first-order valence-electron chi connectivity index (χ1n) is 10.3. The number of phenolic OH excluding ortho intramolecular Hbond substituents is 1. The van der Waals surface area contributed by atoms with Crippen molar-refractivity contribution in [2.45, 2.75) is 33.2 Å². The van der Waals surface area contributed by atoms with Crippen LogP contribution in [0.1, 0.15) is 64.1 Å². The van der Waals surface area contributed by atoms with E-state index >= 15 is 0 Å². The Labute approximate surface area is 186 Å². The number of rotatable bonds is 8. The second kappa shape index (κ2) is 9.52. The zero-order valence-electron chi connectivity index (χ0n) is 18.2. The second-order valence-electron chi connectivity index (χ2n) is 7.72. The molecule has 0 radical (unpaired) electrons. The first-order valence-corrected chi connectivity index (χ1v) is 10.3. The Hall–Kier alpha value is -3.86. The van der Waals surface area contributed by atoms with Gasteiger partial charge in [-0.25, -0.2) is 4.79 Å². The van der Waals surface area contributed by atoms with Crippen molar-refractivity contribution in [1.82, 2.24) is 4.90 Å². The highest BCUT2D eigenvalue weighted by molar-refractivity contribution is 6.05. The number of aromatic hydroxyl groups is 1. The fourth-order valence-electron chi connectivity index (χ4n) is 3.56. The normalized spacial score (nSPS) is 12.5. The van der Waals surface area contributed by atoms with Crippen molar-refractivity contribution in [3.05, 3.63) is 58.1 Å². The molecule has 0 atom stereocenters. The van der Waals surface area contributed by atoms with Gasteiger partial charge >= 0.3 is 5.97 Å². The number of hydrogen-bond acceptors (Lipinski definition) is 7. The first kappa shape index (κ1) is 22.8. The predicted octanol–water partition coefficient (Wildman–Crippen LogP) is 3.17. The molecule has 8 nitrogen and oxygen atoms in total.